The zero-order valence-corrected chi connectivity index (χ0v) is 10.1. The van der Waals surface area contributed by atoms with Crippen LogP contribution in [0.2, 0.25) is 0 Å². The van der Waals surface area contributed by atoms with Gasteiger partial charge in [-0.2, -0.15) is 0 Å². The van der Waals surface area contributed by atoms with Gasteiger partial charge < -0.3 is 10.6 Å². The van der Waals surface area contributed by atoms with Gasteiger partial charge in [-0.15, -0.1) is 0 Å². The second-order valence-electron chi connectivity index (χ2n) is 5.25. The van der Waals surface area contributed by atoms with Gasteiger partial charge in [0.1, 0.15) is 0 Å². The van der Waals surface area contributed by atoms with E-state index in [0.717, 1.165) is 31.8 Å². The van der Waals surface area contributed by atoms with Crippen LogP contribution in [0.1, 0.15) is 51.4 Å². The number of carbonyl (C=O) groups is 1. The Morgan fingerprint density at radius 1 is 1.06 bits per heavy atom. The average molecular weight is 224 g/mol. The van der Waals surface area contributed by atoms with Crippen LogP contribution in [0.3, 0.4) is 0 Å². The molecule has 1 amide bonds. The molecule has 2 rings (SSSR count). The number of hydrogen-bond donors (Lipinski definition) is 2. The fraction of sp³-hybridized carbons (Fsp3) is 0.923. The Bertz CT molecular complexity index is 224. The third-order valence-electron chi connectivity index (χ3n) is 3.91. The van der Waals surface area contributed by atoms with Crippen molar-refractivity contribution in [2.45, 2.75) is 57.4 Å². The Morgan fingerprint density at radius 3 is 2.62 bits per heavy atom. The highest BCUT2D eigenvalue weighted by molar-refractivity contribution is 5.81. The molecule has 0 bridgehead atoms. The highest BCUT2D eigenvalue weighted by Gasteiger charge is 2.21. The Labute approximate surface area is 98.4 Å². The van der Waals surface area contributed by atoms with Gasteiger partial charge in [-0.25, -0.2) is 0 Å². The van der Waals surface area contributed by atoms with Gasteiger partial charge in [-0.1, -0.05) is 19.3 Å². The molecular formula is C13H24N2O. The standard InChI is InChI=1S/C13H24N2O/c16-13-12(8-4-5-9-14-13)15-10-11-6-2-1-3-7-11/h11-12,15H,1-10H2,(H,14,16). The first-order valence-corrected chi connectivity index (χ1v) is 6.87. The summed E-state index contributed by atoms with van der Waals surface area (Å²) >= 11 is 0. The quantitative estimate of drug-likeness (QED) is 0.768. The molecule has 0 radical (unpaired) electrons. The van der Waals surface area contributed by atoms with E-state index >= 15 is 0 Å². The van der Waals surface area contributed by atoms with Crippen molar-refractivity contribution in [3.8, 4) is 0 Å². The SMILES string of the molecule is O=C1NCCCCC1NCC1CCCCC1. The van der Waals surface area contributed by atoms with Gasteiger partial charge in [0.25, 0.3) is 0 Å². The van der Waals surface area contributed by atoms with Gasteiger partial charge in [-0.05, 0) is 44.6 Å². The van der Waals surface area contributed by atoms with E-state index in [1.165, 1.54) is 38.5 Å². The third kappa shape index (κ3) is 3.48. The van der Waals surface area contributed by atoms with Crippen LogP contribution >= 0.6 is 0 Å². The van der Waals surface area contributed by atoms with E-state index < -0.39 is 0 Å². The molecule has 0 aromatic carbocycles. The van der Waals surface area contributed by atoms with E-state index in [2.05, 4.69) is 10.6 Å². The molecule has 1 saturated carbocycles. The van der Waals surface area contributed by atoms with Crippen LogP contribution in [0.25, 0.3) is 0 Å². The maximum absolute atomic E-state index is 11.7. The number of carbonyl (C=O) groups excluding carboxylic acids is 1. The van der Waals surface area contributed by atoms with Crippen molar-refractivity contribution in [3.63, 3.8) is 0 Å². The zero-order chi connectivity index (χ0) is 11.2. The molecule has 1 saturated heterocycles. The number of nitrogens with one attached hydrogen (secondary N) is 2. The normalized spacial score (nSPS) is 28.5. The van der Waals surface area contributed by atoms with Gasteiger partial charge in [0.2, 0.25) is 5.91 Å². The summed E-state index contributed by atoms with van der Waals surface area (Å²) < 4.78 is 0. The molecule has 2 fully saturated rings. The molecule has 92 valence electrons. The van der Waals surface area contributed by atoms with E-state index in [4.69, 9.17) is 0 Å². The van der Waals surface area contributed by atoms with E-state index in [1.807, 2.05) is 0 Å². The lowest BCUT2D eigenvalue weighted by molar-refractivity contribution is -0.122. The Hall–Kier alpha value is -0.570. The van der Waals surface area contributed by atoms with Gasteiger partial charge in [0.05, 0.1) is 6.04 Å². The summed E-state index contributed by atoms with van der Waals surface area (Å²) in [6.45, 7) is 1.90. The smallest absolute Gasteiger partial charge is 0.237 e. The Kier molecular flexibility index (Phi) is 4.64. The lowest BCUT2D eigenvalue weighted by Crippen LogP contribution is -2.44. The summed E-state index contributed by atoms with van der Waals surface area (Å²) in [4.78, 5) is 11.7. The second kappa shape index (κ2) is 6.24. The molecule has 0 spiro atoms. The molecule has 0 aromatic rings. The van der Waals surface area contributed by atoms with Crippen LogP contribution in [0.4, 0.5) is 0 Å². The van der Waals surface area contributed by atoms with Crippen molar-refractivity contribution in [3.05, 3.63) is 0 Å². The first-order valence-electron chi connectivity index (χ1n) is 6.87. The van der Waals surface area contributed by atoms with Crippen molar-refractivity contribution >= 4 is 5.91 Å². The number of rotatable bonds is 3. The molecule has 1 unspecified atom stereocenters. The minimum Gasteiger partial charge on any atom is -0.355 e. The second-order valence-corrected chi connectivity index (χ2v) is 5.25. The van der Waals surface area contributed by atoms with Crippen LogP contribution in [0, 0.1) is 5.92 Å². The fourth-order valence-corrected chi connectivity index (χ4v) is 2.83. The molecule has 0 aromatic heterocycles. The Morgan fingerprint density at radius 2 is 1.81 bits per heavy atom. The van der Waals surface area contributed by atoms with Crippen LogP contribution in [-0.4, -0.2) is 25.0 Å². The summed E-state index contributed by atoms with van der Waals surface area (Å²) in [7, 11) is 0. The number of hydrogen-bond acceptors (Lipinski definition) is 2. The van der Waals surface area contributed by atoms with Gasteiger partial charge >= 0.3 is 0 Å². The van der Waals surface area contributed by atoms with Crippen molar-refractivity contribution in [1.29, 1.82) is 0 Å². The van der Waals surface area contributed by atoms with E-state index in [9.17, 15) is 4.79 Å². The lowest BCUT2D eigenvalue weighted by Gasteiger charge is -2.24. The predicted molar refractivity (Wildman–Crippen MR) is 65.2 cm³/mol. The molecule has 2 aliphatic rings. The lowest BCUT2D eigenvalue weighted by atomic mass is 9.89. The fourth-order valence-electron chi connectivity index (χ4n) is 2.83. The van der Waals surface area contributed by atoms with Crippen molar-refractivity contribution in [2.24, 2.45) is 5.92 Å². The summed E-state index contributed by atoms with van der Waals surface area (Å²) in [6.07, 6.45) is 10.2. The summed E-state index contributed by atoms with van der Waals surface area (Å²) in [5.74, 6) is 1.03. The Balaban J connectivity index is 1.72. The summed E-state index contributed by atoms with van der Waals surface area (Å²) in [5, 5.41) is 6.45. The minimum absolute atomic E-state index is 0.0735. The zero-order valence-electron chi connectivity index (χ0n) is 10.1. The van der Waals surface area contributed by atoms with E-state index in [-0.39, 0.29) is 11.9 Å². The third-order valence-corrected chi connectivity index (χ3v) is 3.91. The minimum atomic E-state index is 0.0735. The molecular weight excluding hydrogens is 200 g/mol. The van der Waals surface area contributed by atoms with Crippen molar-refractivity contribution in [1.82, 2.24) is 10.6 Å². The first kappa shape index (κ1) is 11.9. The molecule has 16 heavy (non-hydrogen) atoms. The molecule has 1 atom stereocenters. The van der Waals surface area contributed by atoms with Crippen LogP contribution < -0.4 is 10.6 Å². The largest absolute Gasteiger partial charge is 0.355 e. The van der Waals surface area contributed by atoms with Crippen LogP contribution in [0.15, 0.2) is 0 Å². The van der Waals surface area contributed by atoms with Gasteiger partial charge in [-0.3, -0.25) is 4.79 Å². The molecule has 1 heterocycles. The average Bonchev–Trinajstić information content (AvgIpc) is 2.53. The molecule has 1 aliphatic heterocycles. The van der Waals surface area contributed by atoms with Crippen LogP contribution in [-0.2, 0) is 4.79 Å². The molecule has 2 N–H and O–H groups in total. The summed E-state index contributed by atoms with van der Waals surface area (Å²) in [5.41, 5.74) is 0. The van der Waals surface area contributed by atoms with Crippen LogP contribution in [0.5, 0.6) is 0 Å². The first-order chi connectivity index (χ1) is 7.86. The number of amides is 1. The highest BCUT2D eigenvalue weighted by Crippen LogP contribution is 2.23. The van der Waals surface area contributed by atoms with Gasteiger partial charge in [0, 0.05) is 6.54 Å². The van der Waals surface area contributed by atoms with E-state index in [0.29, 0.717) is 0 Å². The monoisotopic (exact) mass is 224 g/mol. The molecule has 1 aliphatic carbocycles. The molecule has 3 nitrogen and oxygen atoms in total. The van der Waals surface area contributed by atoms with Gasteiger partial charge in [0.15, 0.2) is 0 Å². The maximum Gasteiger partial charge on any atom is 0.237 e. The van der Waals surface area contributed by atoms with E-state index in [1.54, 1.807) is 0 Å². The highest BCUT2D eigenvalue weighted by atomic mass is 16.2. The summed E-state index contributed by atoms with van der Waals surface area (Å²) in [6, 6.07) is 0.0735. The predicted octanol–water partition coefficient (Wildman–Crippen LogP) is 1.82. The molecule has 3 heteroatoms. The van der Waals surface area contributed by atoms with Crippen molar-refractivity contribution < 1.29 is 4.79 Å². The topological polar surface area (TPSA) is 41.1 Å². The maximum atomic E-state index is 11.7. The van der Waals surface area contributed by atoms with Crippen molar-refractivity contribution in [2.75, 3.05) is 13.1 Å².